The molecule has 1 saturated carbocycles. The highest BCUT2D eigenvalue weighted by atomic mass is 16.2. The second kappa shape index (κ2) is 6.10. The van der Waals surface area contributed by atoms with Gasteiger partial charge in [0.05, 0.1) is 0 Å². The molecule has 2 fully saturated rings. The van der Waals surface area contributed by atoms with E-state index >= 15 is 0 Å². The maximum Gasteiger partial charge on any atom is 0.272 e. The van der Waals surface area contributed by atoms with Crippen molar-refractivity contribution in [3.05, 3.63) is 17.5 Å². The van der Waals surface area contributed by atoms with Crippen molar-refractivity contribution in [1.82, 2.24) is 14.9 Å². The van der Waals surface area contributed by atoms with E-state index in [4.69, 9.17) is 0 Å². The van der Waals surface area contributed by atoms with E-state index < -0.39 is 0 Å². The number of nitrogens with zero attached hydrogens (tertiary/aromatic N) is 3. The van der Waals surface area contributed by atoms with Crippen LogP contribution >= 0.6 is 0 Å². The summed E-state index contributed by atoms with van der Waals surface area (Å²) in [5.41, 5.74) is 1.69. The lowest BCUT2D eigenvalue weighted by atomic mass is 9.59. The third-order valence-electron chi connectivity index (χ3n) is 5.49. The Morgan fingerprint density at radius 1 is 1.30 bits per heavy atom. The highest BCUT2D eigenvalue weighted by molar-refractivity contribution is 5.93. The SMILES string of the molecule is CNc1nc(C)cc(C(=O)N2CC3(CCCCC3)[C@@H]2C(C)C)n1. The summed E-state index contributed by atoms with van der Waals surface area (Å²) in [6, 6.07) is 2.15. The molecule has 1 aliphatic heterocycles. The van der Waals surface area contributed by atoms with Crippen LogP contribution in [0, 0.1) is 18.3 Å². The van der Waals surface area contributed by atoms with Crippen LogP contribution in [0.25, 0.3) is 0 Å². The zero-order valence-corrected chi connectivity index (χ0v) is 14.7. The van der Waals surface area contributed by atoms with Crippen molar-refractivity contribution in [2.24, 2.45) is 11.3 Å². The lowest BCUT2D eigenvalue weighted by Crippen LogP contribution is -2.68. The van der Waals surface area contributed by atoms with Crippen LogP contribution in [0.4, 0.5) is 5.95 Å². The topological polar surface area (TPSA) is 58.1 Å². The second-order valence-corrected chi connectivity index (χ2v) is 7.51. The van der Waals surface area contributed by atoms with Gasteiger partial charge in [-0.25, -0.2) is 9.97 Å². The molecule has 0 aromatic carbocycles. The lowest BCUT2D eigenvalue weighted by molar-refractivity contribution is -0.0944. The highest BCUT2D eigenvalue weighted by Crippen LogP contribution is 2.51. The summed E-state index contributed by atoms with van der Waals surface area (Å²) < 4.78 is 0. The largest absolute Gasteiger partial charge is 0.357 e. The molecule has 5 heteroatoms. The molecule has 1 N–H and O–H groups in total. The molecule has 0 radical (unpaired) electrons. The number of hydrogen-bond acceptors (Lipinski definition) is 4. The molecule has 1 aromatic heterocycles. The summed E-state index contributed by atoms with van der Waals surface area (Å²) >= 11 is 0. The zero-order chi connectivity index (χ0) is 16.6. The van der Waals surface area contributed by atoms with E-state index in [9.17, 15) is 4.79 Å². The average Bonchev–Trinajstić information content (AvgIpc) is 2.51. The first kappa shape index (κ1) is 16.2. The number of rotatable bonds is 3. The van der Waals surface area contributed by atoms with Crippen LogP contribution < -0.4 is 5.32 Å². The van der Waals surface area contributed by atoms with Crippen molar-refractivity contribution in [2.75, 3.05) is 18.9 Å². The van der Waals surface area contributed by atoms with E-state index in [0.29, 0.717) is 29.0 Å². The number of aryl methyl sites for hydroxylation is 1. The fourth-order valence-electron chi connectivity index (χ4n) is 4.66. The van der Waals surface area contributed by atoms with Crippen LogP contribution in [-0.2, 0) is 0 Å². The van der Waals surface area contributed by atoms with Gasteiger partial charge >= 0.3 is 0 Å². The number of carbonyl (C=O) groups is 1. The van der Waals surface area contributed by atoms with Gasteiger partial charge in [-0.3, -0.25) is 4.79 Å². The molecule has 5 nitrogen and oxygen atoms in total. The molecule has 1 amide bonds. The third kappa shape index (κ3) is 2.81. The third-order valence-corrected chi connectivity index (χ3v) is 5.49. The predicted molar refractivity (Wildman–Crippen MR) is 91.5 cm³/mol. The van der Waals surface area contributed by atoms with E-state index in [1.165, 1.54) is 32.1 Å². The summed E-state index contributed by atoms with van der Waals surface area (Å²) in [5.74, 6) is 1.06. The molecule has 1 aromatic rings. The average molecular weight is 316 g/mol. The Kier molecular flexibility index (Phi) is 4.30. The maximum atomic E-state index is 13.0. The summed E-state index contributed by atoms with van der Waals surface area (Å²) in [6.07, 6.45) is 6.50. The molecular formula is C18H28N4O. The van der Waals surface area contributed by atoms with E-state index in [-0.39, 0.29) is 5.91 Å². The van der Waals surface area contributed by atoms with Crippen LogP contribution in [0.1, 0.15) is 62.1 Å². The quantitative estimate of drug-likeness (QED) is 0.930. The van der Waals surface area contributed by atoms with E-state index in [0.717, 1.165) is 12.2 Å². The van der Waals surface area contributed by atoms with Crippen molar-refractivity contribution < 1.29 is 4.79 Å². The number of amides is 1. The second-order valence-electron chi connectivity index (χ2n) is 7.51. The Morgan fingerprint density at radius 2 is 2.00 bits per heavy atom. The number of anilines is 1. The van der Waals surface area contributed by atoms with Gasteiger partial charge < -0.3 is 10.2 Å². The molecule has 0 bridgehead atoms. The number of aromatic nitrogens is 2. The van der Waals surface area contributed by atoms with Gasteiger partial charge in [0.25, 0.3) is 5.91 Å². The normalized spacial score (nSPS) is 23.0. The van der Waals surface area contributed by atoms with Crippen LogP contribution in [0.2, 0.25) is 0 Å². The van der Waals surface area contributed by atoms with Gasteiger partial charge in [-0.05, 0) is 31.7 Å². The number of carbonyl (C=O) groups excluding carboxylic acids is 1. The summed E-state index contributed by atoms with van der Waals surface area (Å²) in [5, 5.41) is 2.94. The molecule has 23 heavy (non-hydrogen) atoms. The van der Waals surface area contributed by atoms with Crippen LogP contribution in [0.3, 0.4) is 0 Å². The van der Waals surface area contributed by atoms with E-state index in [1.807, 2.05) is 6.92 Å². The van der Waals surface area contributed by atoms with E-state index in [1.54, 1.807) is 13.1 Å². The van der Waals surface area contributed by atoms with Gasteiger partial charge in [0.15, 0.2) is 0 Å². The summed E-state index contributed by atoms with van der Waals surface area (Å²) in [4.78, 5) is 23.7. The molecule has 3 rings (SSSR count). The molecule has 126 valence electrons. The van der Waals surface area contributed by atoms with Crippen molar-refractivity contribution in [3.8, 4) is 0 Å². The van der Waals surface area contributed by atoms with Gasteiger partial charge in [0.1, 0.15) is 5.69 Å². The monoisotopic (exact) mass is 316 g/mol. The molecule has 1 spiro atoms. The van der Waals surface area contributed by atoms with Gasteiger partial charge in [-0.2, -0.15) is 0 Å². The fraction of sp³-hybridized carbons (Fsp3) is 0.722. The Balaban J connectivity index is 1.84. The zero-order valence-electron chi connectivity index (χ0n) is 14.7. The number of likely N-dealkylation sites (tertiary alicyclic amines) is 1. The van der Waals surface area contributed by atoms with Gasteiger partial charge in [0, 0.05) is 30.7 Å². The Hall–Kier alpha value is -1.65. The number of nitrogens with one attached hydrogen (secondary N) is 1. The van der Waals surface area contributed by atoms with Crippen LogP contribution in [0.15, 0.2) is 6.07 Å². The lowest BCUT2D eigenvalue weighted by Gasteiger charge is -2.61. The minimum atomic E-state index is 0.0573. The smallest absolute Gasteiger partial charge is 0.272 e. The first-order valence-electron chi connectivity index (χ1n) is 8.81. The van der Waals surface area contributed by atoms with E-state index in [2.05, 4.69) is 34.0 Å². The minimum Gasteiger partial charge on any atom is -0.357 e. The van der Waals surface area contributed by atoms with Gasteiger partial charge in [0.2, 0.25) is 5.95 Å². The molecule has 2 heterocycles. The molecule has 0 unspecified atom stereocenters. The summed E-state index contributed by atoms with van der Waals surface area (Å²) in [7, 11) is 1.78. The van der Waals surface area contributed by atoms with Crippen LogP contribution in [0.5, 0.6) is 0 Å². The molecular weight excluding hydrogens is 288 g/mol. The standard InChI is InChI=1S/C18H28N4O/c1-12(2)15-18(8-6-5-7-9-18)11-22(15)16(23)14-10-13(3)20-17(19-4)21-14/h10,12,15H,5-9,11H2,1-4H3,(H,19,20,21)/t15-/m0/s1. The van der Waals surface area contributed by atoms with Crippen LogP contribution in [-0.4, -0.2) is 40.4 Å². The Bertz CT molecular complexity index is 593. The predicted octanol–water partition coefficient (Wildman–Crippen LogP) is 3.26. The molecule has 2 aliphatic rings. The van der Waals surface area contributed by atoms with Gasteiger partial charge in [-0.15, -0.1) is 0 Å². The molecule has 1 saturated heterocycles. The molecule has 1 atom stereocenters. The Morgan fingerprint density at radius 3 is 2.61 bits per heavy atom. The minimum absolute atomic E-state index is 0.0573. The summed E-state index contributed by atoms with van der Waals surface area (Å²) in [6.45, 7) is 7.28. The first-order chi connectivity index (χ1) is 11.0. The van der Waals surface area contributed by atoms with Crippen molar-refractivity contribution in [1.29, 1.82) is 0 Å². The fourth-order valence-corrected chi connectivity index (χ4v) is 4.66. The first-order valence-corrected chi connectivity index (χ1v) is 8.81. The van der Waals surface area contributed by atoms with Gasteiger partial charge in [-0.1, -0.05) is 33.1 Å². The Labute approximate surface area is 138 Å². The van der Waals surface area contributed by atoms with Crippen molar-refractivity contribution in [3.63, 3.8) is 0 Å². The maximum absolute atomic E-state index is 13.0. The molecule has 1 aliphatic carbocycles. The highest BCUT2D eigenvalue weighted by Gasteiger charge is 2.55. The number of hydrogen-bond donors (Lipinski definition) is 1. The van der Waals surface area contributed by atoms with Crippen molar-refractivity contribution in [2.45, 2.75) is 58.9 Å². The van der Waals surface area contributed by atoms with Crippen molar-refractivity contribution >= 4 is 11.9 Å².